The van der Waals surface area contributed by atoms with Gasteiger partial charge in [0.1, 0.15) is 18.4 Å². The molecule has 2 aromatic rings. The minimum atomic E-state index is 0.835. The summed E-state index contributed by atoms with van der Waals surface area (Å²) in [5.41, 5.74) is 1.00. The summed E-state index contributed by atoms with van der Waals surface area (Å²) in [6.45, 7) is 0. The van der Waals surface area contributed by atoms with Crippen molar-refractivity contribution in [3.8, 4) is 5.75 Å². The summed E-state index contributed by atoms with van der Waals surface area (Å²) in [5.74, 6) is 0.835. The Balaban J connectivity index is 2.05. The van der Waals surface area contributed by atoms with Crippen molar-refractivity contribution in [1.82, 2.24) is 14.9 Å². The number of rotatable bonds is 4. The summed E-state index contributed by atoms with van der Waals surface area (Å²) in [6, 6.07) is 7.78. The van der Waals surface area contributed by atoms with Crippen LogP contribution < -0.4 is 4.74 Å². The van der Waals surface area contributed by atoms with Crippen molar-refractivity contribution in [2.24, 2.45) is 5.10 Å². The standard InChI is InChI=1S/C12H12N4O/c1-17-12-7-3-2-5-11(12)6-4-8-15-16-9-13-14-10-16/h2-10H,1H3/b6-4+,15-8-. The molecule has 0 radical (unpaired) electrons. The van der Waals surface area contributed by atoms with Crippen molar-refractivity contribution in [2.45, 2.75) is 0 Å². The first-order chi connectivity index (χ1) is 8.40. The van der Waals surface area contributed by atoms with Crippen LogP contribution in [0.2, 0.25) is 0 Å². The van der Waals surface area contributed by atoms with Crippen LogP contribution in [-0.4, -0.2) is 28.2 Å². The molecule has 2 rings (SSSR count). The highest BCUT2D eigenvalue weighted by molar-refractivity contribution is 5.79. The maximum Gasteiger partial charge on any atom is 0.141 e. The Morgan fingerprint density at radius 3 is 2.76 bits per heavy atom. The van der Waals surface area contributed by atoms with Crippen LogP contribution in [0.15, 0.2) is 48.1 Å². The Kier molecular flexibility index (Phi) is 3.64. The minimum Gasteiger partial charge on any atom is -0.496 e. The number of benzene rings is 1. The summed E-state index contributed by atoms with van der Waals surface area (Å²) in [4.78, 5) is 0. The lowest BCUT2D eigenvalue weighted by molar-refractivity contribution is 0.414. The third kappa shape index (κ3) is 3.01. The molecule has 5 nitrogen and oxygen atoms in total. The molecule has 1 aromatic heterocycles. The van der Waals surface area contributed by atoms with E-state index in [0.29, 0.717) is 0 Å². The molecule has 86 valence electrons. The highest BCUT2D eigenvalue weighted by Crippen LogP contribution is 2.18. The summed E-state index contributed by atoms with van der Waals surface area (Å²) in [5, 5.41) is 11.4. The van der Waals surface area contributed by atoms with E-state index in [9.17, 15) is 0 Å². The molecule has 0 saturated heterocycles. The Bertz CT molecular complexity index is 517. The number of methoxy groups -OCH3 is 1. The van der Waals surface area contributed by atoms with Gasteiger partial charge in [-0.25, -0.2) is 4.68 Å². The lowest BCUT2D eigenvalue weighted by Gasteiger charge is -2.02. The first-order valence-electron chi connectivity index (χ1n) is 5.09. The average molecular weight is 228 g/mol. The molecule has 17 heavy (non-hydrogen) atoms. The predicted octanol–water partition coefficient (Wildman–Crippen LogP) is 1.83. The summed E-state index contributed by atoms with van der Waals surface area (Å²) >= 11 is 0. The van der Waals surface area contributed by atoms with Gasteiger partial charge in [0.15, 0.2) is 0 Å². The molecular formula is C12H12N4O. The number of para-hydroxylation sites is 1. The van der Waals surface area contributed by atoms with Gasteiger partial charge in [-0.15, -0.1) is 10.2 Å². The maximum atomic E-state index is 5.23. The van der Waals surface area contributed by atoms with Crippen LogP contribution in [0.5, 0.6) is 5.75 Å². The molecule has 0 aliphatic rings. The van der Waals surface area contributed by atoms with Crippen molar-refractivity contribution in [3.63, 3.8) is 0 Å². The van der Waals surface area contributed by atoms with Gasteiger partial charge in [0.2, 0.25) is 0 Å². The predicted molar refractivity (Wildman–Crippen MR) is 65.9 cm³/mol. The van der Waals surface area contributed by atoms with E-state index in [0.717, 1.165) is 11.3 Å². The minimum absolute atomic E-state index is 0.835. The van der Waals surface area contributed by atoms with E-state index in [4.69, 9.17) is 4.74 Å². The topological polar surface area (TPSA) is 52.3 Å². The first-order valence-corrected chi connectivity index (χ1v) is 5.09. The zero-order chi connectivity index (χ0) is 11.9. The van der Waals surface area contributed by atoms with Gasteiger partial charge in [-0.05, 0) is 18.2 Å². The fourth-order valence-electron chi connectivity index (χ4n) is 1.32. The highest BCUT2D eigenvalue weighted by Gasteiger charge is 1.94. The van der Waals surface area contributed by atoms with E-state index in [1.54, 1.807) is 13.3 Å². The van der Waals surface area contributed by atoms with E-state index >= 15 is 0 Å². The smallest absolute Gasteiger partial charge is 0.141 e. The second-order valence-corrected chi connectivity index (χ2v) is 3.21. The van der Waals surface area contributed by atoms with Crippen LogP contribution in [0.4, 0.5) is 0 Å². The molecule has 0 unspecified atom stereocenters. The third-order valence-corrected chi connectivity index (χ3v) is 2.11. The third-order valence-electron chi connectivity index (χ3n) is 2.11. The number of hydrogen-bond donors (Lipinski definition) is 0. The van der Waals surface area contributed by atoms with Crippen LogP contribution in [0.1, 0.15) is 5.56 Å². The van der Waals surface area contributed by atoms with E-state index in [2.05, 4.69) is 15.3 Å². The normalized spacial score (nSPS) is 11.4. The number of hydrogen-bond acceptors (Lipinski definition) is 4. The SMILES string of the molecule is COc1ccccc1/C=C/C=N\n1cnnc1. The zero-order valence-corrected chi connectivity index (χ0v) is 9.39. The zero-order valence-electron chi connectivity index (χ0n) is 9.39. The van der Waals surface area contributed by atoms with Crippen LogP contribution in [0, 0.1) is 0 Å². The lowest BCUT2D eigenvalue weighted by atomic mass is 10.2. The molecule has 1 aromatic carbocycles. The number of ether oxygens (including phenoxy) is 1. The molecule has 5 heteroatoms. The summed E-state index contributed by atoms with van der Waals surface area (Å²) < 4.78 is 6.75. The number of nitrogens with zero attached hydrogens (tertiary/aromatic N) is 4. The molecule has 0 saturated carbocycles. The van der Waals surface area contributed by atoms with Crippen molar-refractivity contribution in [3.05, 3.63) is 48.6 Å². The Labute approximate surface area is 99.1 Å². The van der Waals surface area contributed by atoms with Crippen molar-refractivity contribution >= 4 is 12.3 Å². The van der Waals surface area contributed by atoms with E-state index < -0.39 is 0 Å². The molecule has 0 atom stereocenters. The number of aromatic nitrogens is 3. The Hall–Kier alpha value is -2.43. The second-order valence-electron chi connectivity index (χ2n) is 3.21. The molecule has 0 aliphatic heterocycles. The van der Waals surface area contributed by atoms with Crippen LogP contribution in [-0.2, 0) is 0 Å². The van der Waals surface area contributed by atoms with Gasteiger partial charge in [0.05, 0.1) is 7.11 Å². The van der Waals surface area contributed by atoms with Crippen molar-refractivity contribution in [1.29, 1.82) is 0 Å². The molecule has 0 spiro atoms. The van der Waals surface area contributed by atoms with Gasteiger partial charge in [0, 0.05) is 11.8 Å². The van der Waals surface area contributed by atoms with E-state index in [1.807, 2.05) is 36.4 Å². The average Bonchev–Trinajstić information content (AvgIpc) is 2.88. The number of allylic oxidation sites excluding steroid dienone is 1. The largest absolute Gasteiger partial charge is 0.496 e. The molecule has 0 bridgehead atoms. The second kappa shape index (κ2) is 5.60. The van der Waals surface area contributed by atoms with Crippen molar-refractivity contribution in [2.75, 3.05) is 7.11 Å². The van der Waals surface area contributed by atoms with Crippen LogP contribution in [0.25, 0.3) is 6.08 Å². The molecule has 0 aliphatic carbocycles. The van der Waals surface area contributed by atoms with E-state index in [-0.39, 0.29) is 0 Å². The Morgan fingerprint density at radius 1 is 1.24 bits per heavy atom. The molecular weight excluding hydrogens is 216 g/mol. The molecule has 1 heterocycles. The lowest BCUT2D eigenvalue weighted by Crippen LogP contribution is -1.86. The van der Waals surface area contributed by atoms with Crippen LogP contribution >= 0.6 is 0 Å². The maximum absolute atomic E-state index is 5.23. The molecule has 0 amide bonds. The van der Waals surface area contributed by atoms with Gasteiger partial charge >= 0.3 is 0 Å². The molecule has 0 N–H and O–H groups in total. The summed E-state index contributed by atoms with van der Waals surface area (Å²) in [6.07, 6.45) is 8.46. The first kappa shape index (κ1) is 11.1. The Morgan fingerprint density at radius 2 is 2.00 bits per heavy atom. The fourth-order valence-corrected chi connectivity index (χ4v) is 1.32. The van der Waals surface area contributed by atoms with Crippen molar-refractivity contribution < 1.29 is 4.74 Å². The van der Waals surface area contributed by atoms with Gasteiger partial charge < -0.3 is 4.74 Å². The van der Waals surface area contributed by atoms with Gasteiger partial charge in [-0.3, -0.25) is 0 Å². The van der Waals surface area contributed by atoms with Gasteiger partial charge in [0.25, 0.3) is 0 Å². The van der Waals surface area contributed by atoms with Gasteiger partial charge in [-0.1, -0.05) is 18.2 Å². The van der Waals surface area contributed by atoms with Gasteiger partial charge in [-0.2, -0.15) is 5.10 Å². The highest BCUT2D eigenvalue weighted by atomic mass is 16.5. The van der Waals surface area contributed by atoms with E-state index in [1.165, 1.54) is 17.3 Å². The monoisotopic (exact) mass is 228 g/mol. The quantitative estimate of drug-likeness (QED) is 0.750. The summed E-state index contributed by atoms with van der Waals surface area (Å²) in [7, 11) is 1.65. The fraction of sp³-hybridized carbons (Fsp3) is 0.0833. The van der Waals surface area contributed by atoms with Crippen LogP contribution in [0.3, 0.4) is 0 Å². The molecule has 0 fully saturated rings.